The average Bonchev–Trinajstić information content (AvgIpc) is 2.30. The second kappa shape index (κ2) is 5.56. The largest absolute Gasteiger partial charge is 0.392 e. The number of hydrogen-bond donors (Lipinski definition) is 2. The normalized spacial score (nSPS) is 10.6. The van der Waals surface area contributed by atoms with Gasteiger partial charge in [0.1, 0.15) is 0 Å². The van der Waals surface area contributed by atoms with Gasteiger partial charge < -0.3 is 10.1 Å². The van der Waals surface area contributed by atoms with Gasteiger partial charge in [-0.1, -0.05) is 23.7 Å². The maximum Gasteiger partial charge on any atom is 0.251 e. The molecule has 18 heavy (non-hydrogen) atoms. The minimum absolute atomic E-state index is 0.112. The molecule has 4 nitrogen and oxygen atoms in total. The Kier molecular flexibility index (Phi) is 4.06. The van der Waals surface area contributed by atoms with Crippen LogP contribution < -0.4 is 5.56 Å². The summed E-state index contributed by atoms with van der Waals surface area (Å²) in [6.07, 6.45) is 0. The van der Waals surface area contributed by atoms with E-state index in [1.807, 2.05) is 0 Å². The molecule has 2 rings (SSSR count). The van der Waals surface area contributed by atoms with Crippen molar-refractivity contribution in [3.63, 3.8) is 0 Å². The first-order chi connectivity index (χ1) is 8.60. The molecular weight excluding hydrogens is 272 g/mol. The molecule has 0 aliphatic rings. The SMILES string of the molecule is Cc1cc(=O)[nH]c(Sc2c(Cl)cccc2CO)n1. The molecule has 0 bridgehead atoms. The van der Waals surface area contributed by atoms with Gasteiger partial charge in [0.15, 0.2) is 5.16 Å². The van der Waals surface area contributed by atoms with Gasteiger partial charge in [-0.2, -0.15) is 0 Å². The fraction of sp³-hybridized carbons (Fsp3) is 0.167. The molecule has 0 amide bonds. The molecule has 1 aromatic heterocycles. The highest BCUT2D eigenvalue weighted by atomic mass is 35.5. The smallest absolute Gasteiger partial charge is 0.251 e. The lowest BCUT2D eigenvalue weighted by Crippen LogP contribution is -2.08. The zero-order valence-corrected chi connectivity index (χ0v) is 11.2. The van der Waals surface area contributed by atoms with Crippen molar-refractivity contribution in [1.29, 1.82) is 0 Å². The van der Waals surface area contributed by atoms with Crippen molar-refractivity contribution >= 4 is 23.4 Å². The summed E-state index contributed by atoms with van der Waals surface area (Å²) in [4.78, 5) is 18.9. The van der Waals surface area contributed by atoms with E-state index < -0.39 is 0 Å². The van der Waals surface area contributed by atoms with Crippen LogP contribution in [0.3, 0.4) is 0 Å². The second-order valence-corrected chi connectivity index (χ2v) is 5.09. The van der Waals surface area contributed by atoms with Crippen molar-refractivity contribution in [1.82, 2.24) is 9.97 Å². The monoisotopic (exact) mass is 282 g/mol. The third-order valence-corrected chi connectivity index (χ3v) is 3.77. The minimum atomic E-state index is -0.206. The van der Waals surface area contributed by atoms with Gasteiger partial charge in [0.05, 0.1) is 11.6 Å². The molecule has 0 aliphatic carbocycles. The molecule has 94 valence electrons. The van der Waals surface area contributed by atoms with E-state index >= 15 is 0 Å². The molecule has 0 aliphatic heterocycles. The molecule has 0 saturated carbocycles. The highest BCUT2D eigenvalue weighted by Crippen LogP contribution is 2.34. The Morgan fingerprint density at radius 3 is 2.94 bits per heavy atom. The summed E-state index contributed by atoms with van der Waals surface area (Å²) >= 11 is 7.32. The molecule has 0 saturated heterocycles. The van der Waals surface area contributed by atoms with Crippen LogP contribution in [0.4, 0.5) is 0 Å². The van der Waals surface area contributed by atoms with Crippen molar-refractivity contribution in [2.75, 3.05) is 0 Å². The van der Waals surface area contributed by atoms with Crippen LogP contribution in [0.15, 0.2) is 39.1 Å². The summed E-state index contributed by atoms with van der Waals surface area (Å²) in [5.41, 5.74) is 1.14. The third-order valence-electron chi connectivity index (χ3n) is 2.27. The van der Waals surface area contributed by atoms with Crippen molar-refractivity contribution in [2.45, 2.75) is 23.6 Å². The lowest BCUT2D eigenvalue weighted by molar-refractivity contribution is 0.279. The van der Waals surface area contributed by atoms with Crippen LogP contribution in [-0.4, -0.2) is 15.1 Å². The van der Waals surface area contributed by atoms with Crippen LogP contribution in [0.5, 0.6) is 0 Å². The number of hydrogen-bond acceptors (Lipinski definition) is 4. The lowest BCUT2D eigenvalue weighted by atomic mass is 10.2. The molecular formula is C12H11ClN2O2S. The van der Waals surface area contributed by atoms with Gasteiger partial charge in [-0.25, -0.2) is 4.98 Å². The summed E-state index contributed by atoms with van der Waals surface area (Å²) < 4.78 is 0. The molecule has 1 heterocycles. The number of aryl methyl sites for hydroxylation is 1. The Balaban J connectivity index is 2.42. The van der Waals surface area contributed by atoms with Crippen molar-refractivity contribution in [3.05, 3.63) is 50.9 Å². The van der Waals surface area contributed by atoms with Crippen LogP contribution >= 0.6 is 23.4 Å². The van der Waals surface area contributed by atoms with Gasteiger partial charge in [0.2, 0.25) is 0 Å². The molecule has 2 aromatic rings. The number of nitrogens with one attached hydrogen (secondary N) is 1. The molecule has 0 atom stereocenters. The number of aromatic nitrogens is 2. The van der Waals surface area contributed by atoms with Crippen LogP contribution in [0, 0.1) is 6.92 Å². The fourth-order valence-corrected chi connectivity index (χ4v) is 2.76. The molecule has 2 N–H and O–H groups in total. The number of aromatic amines is 1. The Hall–Kier alpha value is -1.30. The average molecular weight is 283 g/mol. The number of halogens is 1. The maximum absolute atomic E-state index is 11.3. The standard InChI is InChI=1S/C12H11ClN2O2S/c1-7-5-10(17)15-12(14-7)18-11-8(6-16)3-2-4-9(11)13/h2-5,16H,6H2,1H3,(H,14,15,17). The highest BCUT2D eigenvalue weighted by Gasteiger charge is 2.10. The van der Waals surface area contributed by atoms with Crippen molar-refractivity contribution < 1.29 is 5.11 Å². The number of benzene rings is 1. The van der Waals surface area contributed by atoms with Crippen LogP contribution in [0.2, 0.25) is 5.02 Å². The van der Waals surface area contributed by atoms with Crippen LogP contribution in [-0.2, 0) is 6.61 Å². The molecule has 0 radical (unpaired) electrons. The number of nitrogens with zero attached hydrogens (tertiary/aromatic N) is 1. The first-order valence-electron chi connectivity index (χ1n) is 5.24. The van der Waals surface area contributed by atoms with Gasteiger partial charge >= 0.3 is 0 Å². The summed E-state index contributed by atoms with van der Waals surface area (Å²) in [5, 5.41) is 10.3. The van der Waals surface area contributed by atoms with E-state index in [0.717, 1.165) is 0 Å². The lowest BCUT2D eigenvalue weighted by Gasteiger charge is -2.08. The Bertz CT molecular complexity index is 628. The van der Waals surface area contributed by atoms with Gasteiger partial charge in [-0.3, -0.25) is 4.79 Å². The summed E-state index contributed by atoms with van der Waals surface area (Å²) in [7, 11) is 0. The number of aliphatic hydroxyl groups excluding tert-OH is 1. The number of H-pyrrole nitrogens is 1. The van der Waals surface area contributed by atoms with Gasteiger partial charge in [0, 0.05) is 16.7 Å². The highest BCUT2D eigenvalue weighted by molar-refractivity contribution is 7.99. The Labute approximate surface area is 113 Å². The fourth-order valence-electron chi connectivity index (χ4n) is 1.49. The summed E-state index contributed by atoms with van der Waals surface area (Å²) in [5.74, 6) is 0. The van der Waals surface area contributed by atoms with Crippen molar-refractivity contribution in [3.8, 4) is 0 Å². The van der Waals surface area contributed by atoms with E-state index in [1.165, 1.54) is 17.8 Å². The van der Waals surface area contributed by atoms with Crippen LogP contribution in [0.25, 0.3) is 0 Å². The zero-order valence-electron chi connectivity index (χ0n) is 9.61. The van der Waals surface area contributed by atoms with E-state index in [4.69, 9.17) is 11.6 Å². The summed E-state index contributed by atoms with van der Waals surface area (Å²) in [6.45, 7) is 1.64. The quantitative estimate of drug-likeness (QED) is 0.848. The topological polar surface area (TPSA) is 66.0 Å². The maximum atomic E-state index is 11.3. The molecule has 6 heteroatoms. The van der Waals surface area contributed by atoms with E-state index in [9.17, 15) is 9.90 Å². The molecule has 1 aromatic carbocycles. The number of aliphatic hydroxyl groups is 1. The van der Waals surface area contributed by atoms with E-state index in [2.05, 4.69) is 9.97 Å². The van der Waals surface area contributed by atoms with Gasteiger partial charge in [0.25, 0.3) is 5.56 Å². The summed E-state index contributed by atoms with van der Waals surface area (Å²) in [6, 6.07) is 6.70. The minimum Gasteiger partial charge on any atom is -0.392 e. The van der Waals surface area contributed by atoms with Gasteiger partial charge in [-0.15, -0.1) is 0 Å². The Morgan fingerprint density at radius 1 is 1.50 bits per heavy atom. The van der Waals surface area contributed by atoms with Crippen LogP contribution in [0.1, 0.15) is 11.3 Å². The predicted molar refractivity (Wildman–Crippen MR) is 71.1 cm³/mol. The van der Waals surface area contributed by atoms with E-state index in [-0.39, 0.29) is 12.2 Å². The first-order valence-corrected chi connectivity index (χ1v) is 6.43. The van der Waals surface area contributed by atoms with Gasteiger partial charge in [-0.05, 0) is 30.3 Å². The molecule has 0 unspecified atom stereocenters. The predicted octanol–water partition coefficient (Wildman–Crippen LogP) is 2.38. The first kappa shape index (κ1) is 13.1. The number of rotatable bonds is 3. The Morgan fingerprint density at radius 2 is 2.28 bits per heavy atom. The molecule has 0 spiro atoms. The van der Waals surface area contributed by atoms with E-state index in [1.54, 1.807) is 25.1 Å². The molecule has 0 fully saturated rings. The third kappa shape index (κ3) is 2.93. The zero-order chi connectivity index (χ0) is 13.1. The second-order valence-electron chi connectivity index (χ2n) is 3.68. The van der Waals surface area contributed by atoms with E-state index in [0.29, 0.717) is 26.3 Å². The van der Waals surface area contributed by atoms with Crippen molar-refractivity contribution in [2.24, 2.45) is 0 Å².